The number of anilines is 1. The Bertz CT molecular complexity index is 423. The highest BCUT2D eigenvalue weighted by Crippen LogP contribution is 2.22. The second kappa shape index (κ2) is 5.67. The smallest absolute Gasteiger partial charge is 0.319 e. The van der Waals surface area contributed by atoms with Gasteiger partial charge in [0.15, 0.2) is 0 Å². The fourth-order valence-corrected chi connectivity index (χ4v) is 1.39. The van der Waals surface area contributed by atoms with Gasteiger partial charge in [-0.1, -0.05) is 29.9 Å². The standard InChI is InChI=1S/C10H12ClN3OS/c1-2-13-10(15)14-8-5-6(9(12)16)3-4-7(8)11/h3-5H,2H2,1H3,(H2,12,16)(H2,13,14,15). The zero-order valence-electron chi connectivity index (χ0n) is 8.71. The highest BCUT2D eigenvalue weighted by molar-refractivity contribution is 7.80. The third-order valence-corrected chi connectivity index (χ3v) is 2.40. The molecule has 1 rings (SSSR count). The molecule has 0 aliphatic rings. The van der Waals surface area contributed by atoms with E-state index in [9.17, 15) is 4.79 Å². The summed E-state index contributed by atoms with van der Waals surface area (Å²) in [5.41, 5.74) is 6.62. The van der Waals surface area contributed by atoms with Crippen LogP contribution in [0, 0.1) is 0 Å². The van der Waals surface area contributed by atoms with Gasteiger partial charge >= 0.3 is 6.03 Å². The first-order valence-corrected chi connectivity index (χ1v) is 5.47. The van der Waals surface area contributed by atoms with Gasteiger partial charge in [-0.2, -0.15) is 0 Å². The van der Waals surface area contributed by atoms with Crippen molar-refractivity contribution >= 4 is 40.5 Å². The van der Waals surface area contributed by atoms with E-state index in [1.807, 2.05) is 6.92 Å². The van der Waals surface area contributed by atoms with Gasteiger partial charge in [-0.25, -0.2) is 4.79 Å². The largest absolute Gasteiger partial charge is 0.389 e. The summed E-state index contributed by atoms with van der Waals surface area (Å²) in [4.78, 5) is 11.6. The Labute approximate surface area is 104 Å². The normalized spacial score (nSPS) is 9.62. The summed E-state index contributed by atoms with van der Waals surface area (Å²) in [5, 5.41) is 5.64. The Balaban J connectivity index is 2.90. The summed E-state index contributed by atoms with van der Waals surface area (Å²) in [5.74, 6) is 0. The Hall–Kier alpha value is -1.33. The van der Waals surface area contributed by atoms with Gasteiger partial charge in [-0.3, -0.25) is 0 Å². The van der Waals surface area contributed by atoms with Crippen LogP contribution in [0.3, 0.4) is 0 Å². The lowest BCUT2D eigenvalue weighted by Crippen LogP contribution is -2.28. The van der Waals surface area contributed by atoms with Crippen LogP contribution < -0.4 is 16.4 Å². The summed E-state index contributed by atoms with van der Waals surface area (Å²) in [6.07, 6.45) is 0. The van der Waals surface area contributed by atoms with Gasteiger partial charge in [-0.05, 0) is 19.1 Å². The molecule has 0 aliphatic heterocycles. The van der Waals surface area contributed by atoms with Gasteiger partial charge in [0.1, 0.15) is 4.99 Å². The number of amides is 2. The van der Waals surface area contributed by atoms with E-state index in [4.69, 9.17) is 29.6 Å². The third-order valence-electron chi connectivity index (χ3n) is 1.84. The average molecular weight is 258 g/mol. The molecule has 4 nitrogen and oxygen atoms in total. The van der Waals surface area contributed by atoms with Crippen molar-refractivity contribution in [2.45, 2.75) is 6.92 Å². The number of nitrogens with two attached hydrogens (primary N) is 1. The van der Waals surface area contributed by atoms with Crippen molar-refractivity contribution < 1.29 is 4.79 Å². The molecule has 86 valence electrons. The minimum atomic E-state index is -0.315. The van der Waals surface area contributed by atoms with Gasteiger partial charge in [0.25, 0.3) is 0 Å². The quantitative estimate of drug-likeness (QED) is 0.727. The van der Waals surface area contributed by atoms with E-state index in [1.54, 1.807) is 18.2 Å². The summed E-state index contributed by atoms with van der Waals surface area (Å²) >= 11 is 10.8. The molecule has 0 bridgehead atoms. The molecule has 6 heteroatoms. The van der Waals surface area contributed by atoms with Crippen molar-refractivity contribution in [2.24, 2.45) is 5.73 Å². The number of urea groups is 1. The van der Waals surface area contributed by atoms with Crippen LogP contribution in [0.15, 0.2) is 18.2 Å². The number of carbonyl (C=O) groups excluding carboxylic acids is 1. The number of nitrogens with one attached hydrogen (secondary N) is 2. The van der Waals surface area contributed by atoms with Crippen molar-refractivity contribution in [3.8, 4) is 0 Å². The van der Waals surface area contributed by atoms with Gasteiger partial charge in [0, 0.05) is 12.1 Å². The molecule has 0 saturated heterocycles. The molecule has 0 spiro atoms. The number of benzene rings is 1. The molecule has 2 amide bonds. The van der Waals surface area contributed by atoms with Gasteiger partial charge in [-0.15, -0.1) is 0 Å². The van der Waals surface area contributed by atoms with Crippen molar-refractivity contribution in [1.29, 1.82) is 0 Å². The monoisotopic (exact) mass is 257 g/mol. The van der Waals surface area contributed by atoms with E-state index in [1.165, 1.54) is 0 Å². The summed E-state index contributed by atoms with van der Waals surface area (Å²) in [6.45, 7) is 2.37. The van der Waals surface area contributed by atoms with E-state index in [2.05, 4.69) is 10.6 Å². The lowest BCUT2D eigenvalue weighted by Gasteiger charge is -2.09. The number of thiocarbonyl (C=S) groups is 1. The number of carbonyl (C=O) groups is 1. The molecule has 0 aliphatic carbocycles. The van der Waals surface area contributed by atoms with Crippen LogP contribution in [0.25, 0.3) is 0 Å². The molecule has 0 radical (unpaired) electrons. The lowest BCUT2D eigenvalue weighted by atomic mass is 10.2. The van der Waals surface area contributed by atoms with E-state index < -0.39 is 0 Å². The molecule has 1 aromatic carbocycles. The van der Waals surface area contributed by atoms with E-state index in [0.29, 0.717) is 22.8 Å². The van der Waals surface area contributed by atoms with Gasteiger partial charge in [0.05, 0.1) is 10.7 Å². The van der Waals surface area contributed by atoms with Crippen LogP contribution in [0.1, 0.15) is 12.5 Å². The molecule has 0 fully saturated rings. The fraction of sp³-hybridized carbons (Fsp3) is 0.200. The molecular weight excluding hydrogens is 246 g/mol. The molecule has 0 heterocycles. The summed E-state index contributed by atoms with van der Waals surface area (Å²) in [7, 11) is 0. The van der Waals surface area contributed by atoms with Crippen LogP contribution in [0.4, 0.5) is 10.5 Å². The molecule has 0 aromatic heterocycles. The maximum Gasteiger partial charge on any atom is 0.319 e. The van der Waals surface area contributed by atoms with E-state index in [0.717, 1.165) is 0 Å². The maximum absolute atomic E-state index is 11.3. The second-order valence-electron chi connectivity index (χ2n) is 3.04. The number of hydrogen-bond donors (Lipinski definition) is 3. The Morgan fingerprint density at radius 3 is 2.81 bits per heavy atom. The number of rotatable bonds is 3. The van der Waals surface area contributed by atoms with E-state index >= 15 is 0 Å². The van der Waals surface area contributed by atoms with E-state index in [-0.39, 0.29) is 11.0 Å². The van der Waals surface area contributed by atoms with Crippen molar-refractivity contribution in [3.63, 3.8) is 0 Å². The molecule has 0 unspecified atom stereocenters. The zero-order chi connectivity index (χ0) is 12.1. The first-order chi connectivity index (χ1) is 7.54. The Morgan fingerprint density at radius 2 is 2.25 bits per heavy atom. The molecular formula is C10H12ClN3OS. The topological polar surface area (TPSA) is 67.2 Å². The lowest BCUT2D eigenvalue weighted by molar-refractivity contribution is 0.252. The molecule has 4 N–H and O–H groups in total. The van der Waals surface area contributed by atoms with Crippen LogP contribution in [-0.2, 0) is 0 Å². The summed E-state index contributed by atoms with van der Waals surface area (Å²) in [6, 6.07) is 4.66. The number of halogens is 1. The molecule has 1 aromatic rings. The van der Waals surface area contributed by atoms with Gasteiger partial charge in [0.2, 0.25) is 0 Å². The SMILES string of the molecule is CCNC(=O)Nc1cc(C(N)=S)ccc1Cl. The predicted molar refractivity (Wildman–Crippen MR) is 70.0 cm³/mol. The van der Waals surface area contributed by atoms with Gasteiger partial charge < -0.3 is 16.4 Å². The van der Waals surface area contributed by atoms with Crippen LogP contribution in [0.5, 0.6) is 0 Å². The molecule has 0 atom stereocenters. The predicted octanol–water partition coefficient (Wildman–Crippen LogP) is 2.12. The Kier molecular flexibility index (Phi) is 4.52. The van der Waals surface area contributed by atoms with Crippen LogP contribution in [-0.4, -0.2) is 17.6 Å². The highest BCUT2D eigenvalue weighted by atomic mass is 35.5. The Morgan fingerprint density at radius 1 is 1.56 bits per heavy atom. The first kappa shape index (κ1) is 12.7. The number of hydrogen-bond acceptors (Lipinski definition) is 2. The zero-order valence-corrected chi connectivity index (χ0v) is 10.3. The van der Waals surface area contributed by atoms with Crippen LogP contribution >= 0.6 is 23.8 Å². The summed E-state index contributed by atoms with van der Waals surface area (Å²) < 4.78 is 0. The van der Waals surface area contributed by atoms with Crippen molar-refractivity contribution in [1.82, 2.24) is 5.32 Å². The van der Waals surface area contributed by atoms with Crippen molar-refractivity contribution in [2.75, 3.05) is 11.9 Å². The average Bonchev–Trinajstić information content (AvgIpc) is 2.21. The second-order valence-corrected chi connectivity index (χ2v) is 3.89. The molecule has 16 heavy (non-hydrogen) atoms. The first-order valence-electron chi connectivity index (χ1n) is 4.68. The fourth-order valence-electron chi connectivity index (χ4n) is 1.10. The third kappa shape index (κ3) is 3.36. The minimum absolute atomic E-state index is 0.260. The van der Waals surface area contributed by atoms with Crippen molar-refractivity contribution in [3.05, 3.63) is 28.8 Å². The molecule has 0 saturated carbocycles. The maximum atomic E-state index is 11.3. The minimum Gasteiger partial charge on any atom is -0.389 e. The van der Waals surface area contributed by atoms with Crippen LogP contribution in [0.2, 0.25) is 5.02 Å². The highest BCUT2D eigenvalue weighted by Gasteiger charge is 2.06.